The van der Waals surface area contributed by atoms with Gasteiger partial charge in [0.15, 0.2) is 0 Å². The largest absolute Gasteiger partial charge is 0.496 e. The fourth-order valence-corrected chi connectivity index (χ4v) is 1.76. The molecule has 0 bridgehead atoms. The molecule has 0 aliphatic rings. The topological polar surface area (TPSA) is 33.0 Å². The third-order valence-corrected chi connectivity index (χ3v) is 2.77. The van der Waals surface area contributed by atoms with Crippen LogP contribution in [-0.2, 0) is 6.42 Å². The van der Waals surface area contributed by atoms with Gasteiger partial charge in [-0.3, -0.25) is 0 Å². The van der Waals surface area contributed by atoms with Crippen LogP contribution >= 0.6 is 0 Å². The number of benzene rings is 2. The summed E-state index contributed by atoms with van der Waals surface area (Å²) in [6.45, 7) is 8.35. The molecule has 0 aliphatic carbocycles. The Kier molecular flexibility index (Phi) is 19.0. The van der Waals surface area contributed by atoms with Crippen molar-refractivity contribution in [1.82, 2.24) is 0 Å². The molecule has 24 heavy (non-hydrogen) atoms. The number of nitriles is 1. The lowest BCUT2D eigenvalue weighted by Crippen LogP contribution is -1.93. The minimum atomic E-state index is 0. The van der Waals surface area contributed by atoms with E-state index in [9.17, 15) is 0 Å². The second-order valence-corrected chi connectivity index (χ2v) is 4.81. The van der Waals surface area contributed by atoms with Gasteiger partial charge in [-0.1, -0.05) is 84.0 Å². The van der Waals surface area contributed by atoms with Crippen LogP contribution in [0, 0.1) is 18.3 Å². The van der Waals surface area contributed by atoms with Crippen molar-refractivity contribution < 1.29 is 4.74 Å². The van der Waals surface area contributed by atoms with Crippen LogP contribution in [0.25, 0.3) is 0 Å². The molecule has 0 heterocycles. The Labute approximate surface area is 150 Å². The van der Waals surface area contributed by atoms with Crippen LogP contribution in [0.15, 0.2) is 48.5 Å². The molecule has 0 aliphatic heterocycles. The van der Waals surface area contributed by atoms with E-state index >= 15 is 0 Å². The van der Waals surface area contributed by atoms with Crippen LogP contribution in [0.1, 0.15) is 58.7 Å². The van der Waals surface area contributed by atoms with Crippen LogP contribution in [0.2, 0.25) is 0 Å². The first-order chi connectivity index (χ1) is 10.6. The van der Waals surface area contributed by atoms with E-state index in [-0.39, 0.29) is 14.9 Å². The first-order valence-electron chi connectivity index (χ1n) is 7.72. The molecule has 134 valence electrons. The SMILES string of the molecule is C.C.CCC.CCc1c(C#N)cccc1OC.Cc1ccccc1. The number of hydrogen-bond acceptors (Lipinski definition) is 2. The summed E-state index contributed by atoms with van der Waals surface area (Å²) in [4.78, 5) is 0. The predicted molar refractivity (Wildman–Crippen MR) is 108 cm³/mol. The Balaban J connectivity index is -0.000000316. The van der Waals surface area contributed by atoms with Gasteiger partial charge in [-0.2, -0.15) is 5.26 Å². The van der Waals surface area contributed by atoms with Crippen molar-refractivity contribution in [3.63, 3.8) is 0 Å². The maximum Gasteiger partial charge on any atom is 0.123 e. The second-order valence-electron chi connectivity index (χ2n) is 4.81. The summed E-state index contributed by atoms with van der Waals surface area (Å²) in [5.41, 5.74) is 3.02. The maximum atomic E-state index is 8.76. The van der Waals surface area contributed by atoms with E-state index < -0.39 is 0 Å². The van der Waals surface area contributed by atoms with Crippen molar-refractivity contribution in [2.24, 2.45) is 0 Å². The van der Waals surface area contributed by atoms with Crippen LogP contribution < -0.4 is 4.74 Å². The van der Waals surface area contributed by atoms with E-state index in [0.717, 1.165) is 17.7 Å². The summed E-state index contributed by atoms with van der Waals surface area (Å²) in [7, 11) is 1.62. The van der Waals surface area contributed by atoms with E-state index in [1.54, 1.807) is 13.2 Å². The fraction of sp³-hybridized carbons (Fsp3) is 0.409. The van der Waals surface area contributed by atoms with Gasteiger partial charge < -0.3 is 4.74 Å². The summed E-state index contributed by atoms with van der Waals surface area (Å²) in [6, 6.07) is 17.9. The lowest BCUT2D eigenvalue weighted by atomic mass is 10.1. The standard InChI is InChI=1S/C10H11NO.C7H8.C3H8.2CH4/c1-3-9-8(7-11)5-4-6-10(9)12-2;1-7-5-3-2-4-6-7;1-3-2;;/h4-6H,3H2,1-2H3;2-6H,1H3;3H2,1-2H3;2*1H4. The third kappa shape index (κ3) is 10.5. The molecular weight excluding hydrogens is 294 g/mol. The Morgan fingerprint density at radius 2 is 1.46 bits per heavy atom. The highest BCUT2D eigenvalue weighted by Crippen LogP contribution is 2.21. The van der Waals surface area contributed by atoms with Gasteiger partial charge in [0.05, 0.1) is 18.7 Å². The molecular formula is C22H35NO. The lowest BCUT2D eigenvalue weighted by Gasteiger charge is -2.06. The summed E-state index contributed by atoms with van der Waals surface area (Å²) in [6.07, 6.45) is 2.08. The van der Waals surface area contributed by atoms with E-state index in [2.05, 4.69) is 39.0 Å². The Bertz CT molecular complexity index is 556. The maximum absolute atomic E-state index is 8.76. The molecule has 0 N–H and O–H groups in total. The number of methoxy groups -OCH3 is 1. The average Bonchev–Trinajstić information content (AvgIpc) is 2.56. The lowest BCUT2D eigenvalue weighted by molar-refractivity contribution is 0.410. The molecule has 0 radical (unpaired) electrons. The second kappa shape index (κ2) is 17.1. The Morgan fingerprint density at radius 3 is 1.79 bits per heavy atom. The zero-order valence-corrected chi connectivity index (χ0v) is 14.4. The molecule has 0 unspecified atom stereocenters. The molecule has 2 aromatic rings. The summed E-state index contributed by atoms with van der Waals surface area (Å²) in [5, 5.41) is 8.76. The normalized spacial score (nSPS) is 7.83. The van der Waals surface area contributed by atoms with Crippen molar-refractivity contribution in [2.75, 3.05) is 7.11 Å². The van der Waals surface area contributed by atoms with Crippen molar-refractivity contribution in [3.05, 3.63) is 65.2 Å². The summed E-state index contributed by atoms with van der Waals surface area (Å²) >= 11 is 0. The summed E-state index contributed by atoms with van der Waals surface area (Å²) < 4.78 is 5.13. The first kappa shape index (κ1) is 26.6. The van der Waals surface area contributed by atoms with E-state index in [0.29, 0.717) is 5.56 Å². The predicted octanol–water partition coefficient (Wildman–Crippen LogP) is 6.81. The molecule has 0 amide bonds. The van der Waals surface area contributed by atoms with Crippen LogP contribution in [0.3, 0.4) is 0 Å². The van der Waals surface area contributed by atoms with Crippen molar-refractivity contribution in [2.45, 2.75) is 55.4 Å². The molecule has 0 saturated heterocycles. The zero-order valence-electron chi connectivity index (χ0n) is 14.4. The van der Waals surface area contributed by atoms with Gasteiger partial charge in [0.25, 0.3) is 0 Å². The van der Waals surface area contributed by atoms with Gasteiger partial charge in [0.1, 0.15) is 5.75 Å². The van der Waals surface area contributed by atoms with Gasteiger partial charge >= 0.3 is 0 Å². The highest BCUT2D eigenvalue weighted by atomic mass is 16.5. The minimum Gasteiger partial charge on any atom is -0.496 e. The van der Waals surface area contributed by atoms with Crippen LogP contribution in [0.4, 0.5) is 0 Å². The van der Waals surface area contributed by atoms with Gasteiger partial charge in [0.2, 0.25) is 0 Å². The highest BCUT2D eigenvalue weighted by Gasteiger charge is 2.04. The molecule has 2 rings (SSSR count). The molecule has 2 heteroatoms. The zero-order chi connectivity index (χ0) is 16.8. The Morgan fingerprint density at radius 1 is 0.917 bits per heavy atom. The van der Waals surface area contributed by atoms with Gasteiger partial charge in [-0.05, 0) is 25.5 Å². The molecule has 0 spiro atoms. The van der Waals surface area contributed by atoms with Crippen LogP contribution in [0.5, 0.6) is 5.75 Å². The number of rotatable bonds is 2. The molecule has 0 aromatic heterocycles. The average molecular weight is 330 g/mol. The third-order valence-electron chi connectivity index (χ3n) is 2.77. The Hall–Kier alpha value is -2.27. The highest BCUT2D eigenvalue weighted by molar-refractivity contribution is 5.46. The van der Waals surface area contributed by atoms with E-state index in [1.165, 1.54) is 12.0 Å². The van der Waals surface area contributed by atoms with E-state index in [4.69, 9.17) is 10.00 Å². The number of aryl methyl sites for hydroxylation is 1. The van der Waals surface area contributed by atoms with Gasteiger partial charge in [-0.15, -0.1) is 0 Å². The fourth-order valence-electron chi connectivity index (χ4n) is 1.76. The summed E-state index contributed by atoms with van der Waals surface area (Å²) in [5.74, 6) is 0.802. The number of nitrogens with zero attached hydrogens (tertiary/aromatic N) is 1. The smallest absolute Gasteiger partial charge is 0.123 e. The van der Waals surface area contributed by atoms with Gasteiger partial charge in [0, 0.05) is 5.56 Å². The van der Waals surface area contributed by atoms with Crippen LogP contribution in [-0.4, -0.2) is 7.11 Å². The van der Waals surface area contributed by atoms with Crippen molar-refractivity contribution in [3.8, 4) is 11.8 Å². The molecule has 0 fully saturated rings. The van der Waals surface area contributed by atoms with Gasteiger partial charge in [-0.25, -0.2) is 0 Å². The quantitative estimate of drug-likeness (QED) is 0.606. The number of hydrogen-bond donors (Lipinski definition) is 0. The molecule has 0 saturated carbocycles. The minimum absolute atomic E-state index is 0. The van der Waals surface area contributed by atoms with E-state index in [1.807, 2.05) is 37.3 Å². The number of ether oxygens (including phenoxy) is 1. The monoisotopic (exact) mass is 329 g/mol. The molecule has 2 nitrogen and oxygen atoms in total. The van der Waals surface area contributed by atoms with Crippen molar-refractivity contribution in [1.29, 1.82) is 5.26 Å². The van der Waals surface area contributed by atoms with Crippen molar-refractivity contribution >= 4 is 0 Å². The first-order valence-corrected chi connectivity index (χ1v) is 7.72. The molecule has 0 atom stereocenters. The molecule has 2 aromatic carbocycles.